The van der Waals surface area contributed by atoms with Gasteiger partial charge in [0.2, 0.25) is 15.9 Å². The molecule has 0 radical (unpaired) electrons. The number of alkyl halides is 1. The molecule has 2 saturated carbocycles. The van der Waals surface area contributed by atoms with Crippen molar-refractivity contribution in [2.24, 2.45) is 11.3 Å². The minimum atomic E-state index is -3.43. The maximum atomic E-state index is 13.5. The largest absolute Gasteiger partial charge is 0.337 e. The van der Waals surface area contributed by atoms with E-state index in [1.165, 1.54) is 6.26 Å². The van der Waals surface area contributed by atoms with Crippen molar-refractivity contribution in [3.05, 3.63) is 60.2 Å². The minimum absolute atomic E-state index is 0.0211. The molecule has 1 spiro atoms. The first-order valence-corrected chi connectivity index (χ1v) is 13.2. The number of nitrogens with zero attached hydrogens (tertiary/aromatic N) is 1. The lowest BCUT2D eigenvalue weighted by molar-refractivity contribution is -0.141. The van der Waals surface area contributed by atoms with Gasteiger partial charge in [-0.2, -0.15) is 0 Å². The van der Waals surface area contributed by atoms with Crippen LogP contribution in [0.25, 0.3) is 11.1 Å². The van der Waals surface area contributed by atoms with Gasteiger partial charge in [-0.25, -0.2) is 17.5 Å². The van der Waals surface area contributed by atoms with E-state index in [4.69, 9.17) is 0 Å². The Morgan fingerprint density at radius 1 is 1.09 bits per heavy atom. The van der Waals surface area contributed by atoms with Gasteiger partial charge >= 0.3 is 0 Å². The summed E-state index contributed by atoms with van der Waals surface area (Å²) in [6.07, 6.45) is 3.22. The van der Waals surface area contributed by atoms with Crippen molar-refractivity contribution in [3.63, 3.8) is 0 Å². The highest BCUT2D eigenvalue weighted by Crippen LogP contribution is 2.56. The van der Waals surface area contributed by atoms with E-state index < -0.39 is 16.2 Å². The number of benzene rings is 2. The first-order chi connectivity index (χ1) is 15.2. The molecule has 3 fully saturated rings. The molecule has 0 unspecified atom stereocenters. The van der Waals surface area contributed by atoms with E-state index >= 15 is 0 Å². The predicted octanol–water partition coefficient (Wildman–Crippen LogP) is 3.55. The number of rotatable bonds is 6. The van der Waals surface area contributed by atoms with Crippen LogP contribution in [0.2, 0.25) is 0 Å². The molecule has 3 aliphatic rings. The molecule has 1 heterocycles. The summed E-state index contributed by atoms with van der Waals surface area (Å²) in [4.78, 5) is 15.1. The molecule has 1 aliphatic heterocycles. The molecule has 7 heteroatoms. The van der Waals surface area contributed by atoms with Crippen molar-refractivity contribution in [2.75, 3.05) is 12.8 Å². The second-order valence-corrected chi connectivity index (χ2v) is 11.6. The van der Waals surface area contributed by atoms with Crippen LogP contribution in [-0.2, 0) is 21.2 Å². The molecule has 1 amide bonds. The van der Waals surface area contributed by atoms with Crippen LogP contribution < -0.4 is 4.72 Å². The van der Waals surface area contributed by atoms with Gasteiger partial charge in [-0.3, -0.25) is 4.79 Å². The lowest BCUT2D eigenvalue weighted by Gasteiger charge is -2.36. The monoisotopic (exact) mass is 456 g/mol. The Morgan fingerprint density at radius 3 is 2.41 bits per heavy atom. The van der Waals surface area contributed by atoms with E-state index in [1.54, 1.807) is 0 Å². The molecule has 2 aromatic rings. The Bertz CT molecular complexity index is 1110. The molecule has 2 aliphatic carbocycles. The Hall–Kier alpha value is -2.25. The van der Waals surface area contributed by atoms with Gasteiger partial charge in [0.25, 0.3) is 0 Å². The summed E-state index contributed by atoms with van der Waals surface area (Å²) in [6.45, 7) is 0.551. The maximum absolute atomic E-state index is 13.5. The molecule has 2 atom stereocenters. The van der Waals surface area contributed by atoms with Crippen LogP contribution in [0, 0.1) is 11.3 Å². The molecule has 2 aromatic carbocycles. The lowest BCUT2D eigenvalue weighted by atomic mass is 9.82. The van der Waals surface area contributed by atoms with E-state index in [9.17, 15) is 17.6 Å². The summed E-state index contributed by atoms with van der Waals surface area (Å²) in [5.74, 6) is -0.303. The van der Waals surface area contributed by atoms with Crippen LogP contribution in [0.4, 0.5) is 4.39 Å². The predicted molar refractivity (Wildman–Crippen MR) is 122 cm³/mol. The molecule has 0 bridgehead atoms. The number of hydrogen-bond donors (Lipinski definition) is 1. The van der Waals surface area contributed by atoms with Crippen molar-refractivity contribution >= 4 is 15.9 Å². The SMILES string of the molecule is CS(=O)(=O)N[C@@H]1[C@H](Cc2cccc(-c3ccccc3)c2)N(C(=O)C2CC(F)C2)CC12CC2. The van der Waals surface area contributed by atoms with E-state index in [2.05, 4.69) is 29.0 Å². The zero-order valence-electron chi connectivity index (χ0n) is 18.2. The highest BCUT2D eigenvalue weighted by atomic mass is 32.2. The molecular weight excluding hydrogens is 427 g/mol. The molecule has 0 aromatic heterocycles. The topological polar surface area (TPSA) is 66.5 Å². The Kier molecular flexibility index (Phi) is 5.37. The first kappa shape index (κ1) is 21.6. The van der Waals surface area contributed by atoms with Gasteiger partial charge in [-0.15, -0.1) is 0 Å². The molecule has 5 rings (SSSR count). The summed E-state index contributed by atoms with van der Waals surface area (Å²) in [5.41, 5.74) is 3.07. The quantitative estimate of drug-likeness (QED) is 0.723. The van der Waals surface area contributed by atoms with E-state index in [1.807, 2.05) is 35.2 Å². The summed E-state index contributed by atoms with van der Waals surface area (Å²) in [7, 11) is -3.43. The molecule has 1 N–H and O–H groups in total. The van der Waals surface area contributed by atoms with Crippen molar-refractivity contribution in [2.45, 2.75) is 50.4 Å². The smallest absolute Gasteiger partial charge is 0.226 e. The third kappa shape index (κ3) is 4.20. The van der Waals surface area contributed by atoms with Gasteiger partial charge in [0.15, 0.2) is 0 Å². The molecule has 1 saturated heterocycles. The second-order valence-electron chi connectivity index (χ2n) is 9.80. The minimum Gasteiger partial charge on any atom is -0.337 e. The van der Waals surface area contributed by atoms with Crippen LogP contribution in [0.1, 0.15) is 31.2 Å². The van der Waals surface area contributed by atoms with Crippen LogP contribution >= 0.6 is 0 Å². The van der Waals surface area contributed by atoms with Crippen molar-refractivity contribution in [3.8, 4) is 11.1 Å². The Balaban J connectivity index is 1.45. The highest BCUT2D eigenvalue weighted by molar-refractivity contribution is 7.88. The Morgan fingerprint density at radius 2 is 1.78 bits per heavy atom. The van der Waals surface area contributed by atoms with Crippen LogP contribution in [0.15, 0.2) is 54.6 Å². The number of nitrogens with one attached hydrogen (secondary N) is 1. The third-order valence-corrected chi connectivity index (χ3v) is 8.04. The van der Waals surface area contributed by atoms with Gasteiger partial charge in [-0.1, -0.05) is 54.6 Å². The van der Waals surface area contributed by atoms with Gasteiger partial charge in [0, 0.05) is 23.9 Å². The number of carbonyl (C=O) groups excluding carboxylic acids is 1. The third-order valence-electron chi connectivity index (χ3n) is 7.36. The average Bonchev–Trinajstić information content (AvgIpc) is 3.47. The van der Waals surface area contributed by atoms with Gasteiger partial charge < -0.3 is 4.90 Å². The maximum Gasteiger partial charge on any atom is 0.226 e. The van der Waals surface area contributed by atoms with Gasteiger partial charge in [0.05, 0.1) is 12.3 Å². The van der Waals surface area contributed by atoms with Crippen molar-refractivity contribution < 1.29 is 17.6 Å². The molecule has 32 heavy (non-hydrogen) atoms. The van der Waals surface area contributed by atoms with E-state index in [0.717, 1.165) is 29.5 Å². The highest BCUT2D eigenvalue weighted by Gasteiger charge is 2.61. The first-order valence-electron chi connectivity index (χ1n) is 11.3. The fraction of sp³-hybridized carbons (Fsp3) is 0.480. The van der Waals surface area contributed by atoms with Gasteiger partial charge in [-0.05, 0) is 48.8 Å². The number of likely N-dealkylation sites (tertiary alicyclic amines) is 1. The zero-order chi connectivity index (χ0) is 22.5. The van der Waals surface area contributed by atoms with Crippen LogP contribution in [0.3, 0.4) is 0 Å². The van der Waals surface area contributed by atoms with Gasteiger partial charge in [0.1, 0.15) is 6.17 Å². The molecular formula is C25H29FN2O3S. The normalized spacial score (nSPS) is 28.5. The number of hydrogen-bond acceptors (Lipinski definition) is 3. The molecule has 5 nitrogen and oxygen atoms in total. The molecule has 170 valence electrons. The summed E-state index contributed by atoms with van der Waals surface area (Å²) < 4.78 is 40.7. The summed E-state index contributed by atoms with van der Waals surface area (Å²) in [5, 5.41) is 0. The number of carbonyl (C=O) groups is 1. The number of halogens is 1. The second kappa shape index (κ2) is 7.96. The standard InChI is InChI=1S/C25H29FN2O3S/c1-32(30,31)27-23-22(13-17-6-5-9-19(12-17)18-7-3-2-4-8-18)28(16-25(23)10-11-25)24(29)20-14-21(26)15-20/h2-9,12,20-23,27H,10-11,13-16H2,1H3/t20?,21?,22-,23+/m0/s1. The fourth-order valence-corrected chi connectivity index (χ4v) is 6.28. The average molecular weight is 457 g/mol. The van der Waals surface area contributed by atoms with Crippen LogP contribution in [0.5, 0.6) is 0 Å². The van der Waals surface area contributed by atoms with E-state index in [-0.39, 0.29) is 42.2 Å². The number of sulfonamides is 1. The summed E-state index contributed by atoms with van der Waals surface area (Å²) >= 11 is 0. The van der Waals surface area contributed by atoms with Crippen molar-refractivity contribution in [1.29, 1.82) is 0 Å². The fourth-order valence-electron chi connectivity index (χ4n) is 5.41. The van der Waals surface area contributed by atoms with Crippen molar-refractivity contribution in [1.82, 2.24) is 9.62 Å². The summed E-state index contributed by atoms with van der Waals surface area (Å²) in [6, 6.07) is 17.7. The lowest BCUT2D eigenvalue weighted by Crippen LogP contribution is -2.51. The van der Waals surface area contributed by atoms with Crippen LogP contribution in [-0.4, -0.2) is 50.3 Å². The Labute approximate surface area is 189 Å². The van der Waals surface area contributed by atoms with E-state index in [0.29, 0.717) is 13.0 Å². The zero-order valence-corrected chi connectivity index (χ0v) is 19.0. The number of amides is 1.